The van der Waals surface area contributed by atoms with E-state index in [1.54, 1.807) is 17.4 Å². The molecule has 2 aromatic rings. The molecule has 4 rings (SSSR count). The van der Waals surface area contributed by atoms with Gasteiger partial charge in [-0.3, -0.25) is 14.8 Å². The van der Waals surface area contributed by atoms with Crippen LogP contribution in [0.15, 0.2) is 35.5 Å². The van der Waals surface area contributed by atoms with Crippen LogP contribution in [0.5, 0.6) is 0 Å². The van der Waals surface area contributed by atoms with Crippen LogP contribution in [0.25, 0.3) is 17.1 Å². The van der Waals surface area contributed by atoms with E-state index >= 15 is 0 Å². The van der Waals surface area contributed by atoms with Gasteiger partial charge in [0.15, 0.2) is 4.32 Å². The number of aromatic nitrogens is 2. The molecule has 6 nitrogen and oxygen atoms in total. The van der Waals surface area contributed by atoms with Crippen LogP contribution in [0.4, 0.5) is 0 Å². The van der Waals surface area contributed by atoms with Crippen LogP contribution in [-0.4, -0.2) is 56.5 Å². The predicted octanol–water partition coefficient (Wildman–Crippen LogP) is 2.08. The highest BCUT2D eigenvalue weighted by molar-refractivity contribution is 8.26. The van der Waals surface area contributed by atoms with Crippen LogP contribution in [0, 0.1) is 0 Å². The first-order valence-corrected chi connectivity index (χ1v) is 8.76. The number of thiocarbonyl (C=S) groups is 1. The number of nitrogens with zero attached hydrogens (tertiary/aromatic N) is 4. The predicted molar refractivity (Wildman–Crippen MR) is 96.9 cm³/mol. The van der Waals surface area contributed by atoms with E-state index in [1.807, 2.05) is 29.3 Å². The van der Waals surface area contributed by atoms with E-state index in [4.69, 9.17) is 17.0 Å². The Morgan fingerprint density at radius 2 is 1.92 bits per heavy atom. The van der Waals surface area contributed by atoms with E-state index in [0.29, 0.717) is 35.5 Å². The molecule has 2 aliphatic rings. The summed E-state index contributed by atoms with van der Waals surface area (Å²) in [5.74, 6) is -0.0776. The first-order valence-electron chi connectivity index (χ1n) is 7.54. The molecule has 0 bridgehead atoms. The number of amides is 1. The minimum atomic E-state index is -0.0776. The lowest BCUT2D eigenvalue weighted by molar-refractivity contribution is -0.138. The summed E-state index contributed by atoms with van der Waals surface area (Å²) in [5, 5.41) is 3.54. The average Bonchev–Trinajstić information content (AvgIpc) is 2.89. The summed E-state index contributed by atoms with van der Waals surface area (Å²) < 4.78 is 5.90. The van der Waals surface area contributed by atoms with Gasteiger partial charge < -0.3 is 4.74 Å². The zero-order chi connectivity index (χ0) is 16.5. The molecule has 3 heterocycles. The summed E-state index contributed by atoms with van der Waals surface area (Å²) in [6.07, 6.45) is 5.17. The molecule has 1 aromatic carbocycles. The summed E-state index contributed by atoms with van der Waals surface area (Å²) in [5.41, 5.74) is 2.54. The van der Waals surface area contributed by atoms with Crippen molar-refractivity contribution in [2.45, 2.75) is 0 Å². The summed E-state index contributed by atoms with van der Waals surface area (Å²) >= 11 is 6.72. The van der Waals surface area contributed by atoms with Gasteiger partial charge in [0.25, 0.3) is 5.91 Å². The Balaban J connectivity index is 1.62. The molecule has 0 spiro atoms. The highest BCUT2D eigenvalue weighted by atomic mass is 32.2. The van der Waals surface area contributed by atoms with E-state index in [0.717, 1.165) is 16.6 Å². The van der Waals surface area contributed by atoms with E-state index in [1.165, 1.54) is 11.8 Å². The number of hydrogen-bond donors (Lipinski definition) is 0. The smallest absolute Gasteiger partial charge is 0.280 e. The zero-order valence-corrected chi connectivity index (χ0v) is 14.3. The first kappa shape index (κ1) is 15.6. The maximum atomic E-state index is 12.7. The second-order valence-corrected chi connectivity index (χ2v) is 7.04. The molecule has 8 heteroatoms. The van der Waals surface area contributed by atoms with E-state index < -0.39 is 0 Å². The molecular weight excluding hydrogens is 344 g/mol. The fraction of sp³-hybridized carbons (Fsp3) is 0.250. The highest BCUT2D eigenvalue weighted by Gasteiger charge is 2.36. The maximum absolute atomic E-state index is 12.7. The molecule has 122 valence electrons. The van der Waals surface area contributed by atoms with Crippen molar-refractivity contribution in [3.8, 4) is 0 Å². The number of benzene rings is 1. The molecular formula is C16H14N4O2S2. The van der Waals surface area contributed by atoms with Gasteiger partial charge in [0.05, 0.1) is 29.2 Å². The summed E-state index contributed by atoms with van der Waals surface area (Å²) in [7, 11) is 0. The Labute approximate surface area is 148 Å². The maximum Gasteiger partial charge on any atom is 0.280 e. The van der Waals surface area contributed by atoms with Crippen LogP contribution >= 0.6 is 24.0 Å². The second-order valence-electron chi connectivity index (χ2n) is 5.36. The first-order chi connectivity index (χ1) is 11.7. The van der Waals surface area contributed by atoms with Crippen LogP contribution in [-0.2, 0) is 9.53 Å². The Kier molecular flexibility index (Phi) is 4.28. The molecule has 2 aliphatic heterocycles. The second kappa shape index (κ2) is 6.56. The molecule has 2 saturated heterocycles. The summed E-state index contributed by atoms with van der Waals surface area (Å²) in [4.78, 5) is 21.9. The van der Waals surface area contributed by atoms with Gasteiger partial charge in [0.1, 0.15) is 0 Å². The minimum Gasteiger partial charge on any atom is -0.379 e. The fourth-order valence-corrected chi connectivity index (χ4v) is 3.99. The van der Waals surface area contributed by atoms with Crippen LogP contribution < -0.4 is 0 Å². The third kappa shape index (κ3) is 2.93. The fourth-order valence-electron chi connectivity index (χ4n) is 2.68. The molecule has 0 saturated carbocycles. The van der Waals surface area contributed by atoms with Crippen molar-refractivity contribution in [3.63, 3.8) is 0 Å². The zero-order valence-electron chi connectivity index (χ0n) is 12.7. The number of thioether (sulfide) groups is 1. The van der Waals surface area contributed by atoms with Gasteiger partial charge in [0.2, 0.25) is 0 Å². The third-order valence-electron chi connectivity index (χ3n) is 3.83. The van der Waals surface area contributed by atoms with Crippen LogP contribution in [0.2, 0.25) is 0 Å². The quantitative estimate of drug-likeness (QED) is 0.602. The van der Waals surface area contributed by atoms with Gasteiger partial charge in [0, 0.05) is 25.5 Å². The average molecular weight is 358 g/mol. The molecule has 0 unspecified atom stereocenters. The highest BCUT2D eigenvalue weighted by Crippen LogP contribution is 2.34. The Hall–Kier alpha value is -1.87. The number of ether oxygens (including phenoxy) is 1. The van der Waals surface area contributed by atoms with Gasteiger partial charge in [-0.15, -0.1) is 0 Å². The van der Waals surface area contributed by atoms with E-state index in [9.17, 15) is 4.79 Å². The summed E-state index contributed by atoms with van der Waals surface area (Å²) in [6, 6.07) is 5.75. The molecule has 2 fully saturated rings. The third-order valence-corrected chi connectivity index (χ3v) is 5.12. The van der Waals surface area contributed by atoms with Crippen molar-refractivity contribution in [2.24, 2.45) is 0 Å². The van der Waals surface area contributed by atoms with Crippen molar-refractivity contribution < 1.29 is 9.53 Å². The number of carbonyl (C=O) groups is 1. The number of hydrogen-bond acceptors (Lipinski definition) is 7. The lowest BCUT2D eigenvalue weighted by Crippen LogP contribution is -2.50. The van der Waals surface area contributed by atoms with Crippen molar-refractivity contribution in [2.75, 3.05) is 26.3 Å². The van der Waals surface area contributed by atoms with Crippen molar-refractivity contribution in [1.82, 2.24) is 20.0 Å². The van der Waals surface area contributed by atoms with E-state index in [2.05, 4.69) is 9.97 Å². The molecule has 0 atom stereocenters. The van der Waals surface area contributed by atoms with Crippen molar-refractivity contribution in [1.29, 1.82) is 0 Å². The monoisotopic (exact) mass is 358 g/mol. The Morgan fingerprint density at radius 3 is 2.71 bits per heavy atom. The standard InChI is InChI=1S/C16H14N4O2S2/c21-15-14(24-16(23)20(15)19-5-7-22-8-6-19)10-11-1-2-12-13(9-11)18-4-3-17-12/h1-4,9-10H,5-8H2/b14-10-. The van der Waals surface area contributed by atoms with Gasteiger partial charge >= 0.3 is 0 Å². The largest absolute Gasteiger partial charge is 0.379 e. The molecule has 0 radical (unpaired) electrons. The van der Waals surface area contributed by atoms with E-state index in [-0.39, 0.29) is 5.91 Å². The Bertz CT molecular complexity index is 849. The van der Waals surface area contributed by atoms with Crippen LogP contribution in [0.3, 0.4) is 0 Å². The molecule has 24 heavy (non-hydrogen) atoms. The van der Waals surface area contributed by atoms with Gasteiger partial charge in [-0.05, 0) is 23.8 Å². The number of rotatable bonds is 2. The molecule has 1 aromatic heterocycles. The number of fused-ring (bicyclic) bond motifs is 1. The normalized spacial score (nSPS) is 21.2. The lowest BCUT2D eigenvalue weighted by atomic mass is 10.2. The van der Waals surface area contributed by atoms with Gasteiger partial charge in [-0.2, -0.15) is 0 Å². The summed E-state index contributed by atoms with van der Waals surface area (Å²) in [6.45, 7) is 2.56. The van der Waals surface area contributed by atoms with Gasteiger partial charge in [-0.1, -0.05) is 30.0 Å². The number of carbonyl (C=O) groups excluding carboxylic acids is 1. The number of hydrazine groups is 1. The minimum absolute atomic E-state index is 0.0776. The SMILES string of the molecule is O=C1/C(=C/c2ccc3nccnc3c2)SC(=S)N1N1CCOCC1. The lowest BCUT2D eigenvalue weighted by Gasteiger charge is -2.33. The van der Waals surface area contributed by atoms with Crippen molar-refractivity contribution in [3.05, 3.63) is 41.1 Å². The Morgan fingerprint density at radius 1 is 1.17 bits per heavy atom. The molecule has 1 amide bonds. The topological polar surface area (TPSA) is 58.6 Å². The number of morpholine rings is 1. The van der Waals surface area contributed by atoms with Gasteiger partial charge in [-0.25, -0.2) is 10.0 Å². The van der Waals surface area contributed by atoms with Crippen LogP contribution in [0.1, 0.15) is 5.56 Å². The molecule has 0 N–H and O–H groups in total. The molecule has 0 aliphatic carbocycles. The van der Waals surface area contributed by atoms with Crippen molar-refractivity contribution >= 4 is 51.3 Å².